The van der Waals surface area contributed by atoms with Crippen LogP contribution in [0.3, 0.4) is 0 Å². The van der Waals surface area contributed by atoms with Crippen molar-refractivity contribution in [3.05, 3.63) is 63.4 Å². The number of hydrogen-bond acceptors (Lipinski definition) is 2. The van der Waals surface area contributed by atoms with Gasteiger partial charge < -0.3 is 4.98 Å². The van der Waals surface area contributed by atoms with Crippen LogP contribution in [-0.2, 0) is 0 Å². The number of aryl methyl sites for hydroxylation is 1. The highest BCUT2D eigenvalue weighted by Gasteiger charge is 2.27. The van der Waals surface area contributed by atoms with E-state index in [0.717, 1.165) is 27.5 Å². The molecule has 0 saturated heterocycles. The van der Waals surface area contributed by atoms with E-state index in [0.29, 0.717) is 5.92 Å². The molecule has 2 aromatic heterocycles. The molecule has 2 heterocycles. The SMILES string of the molecule is Cc1sc(C2CC2)nc1-c1ccc2[nH]c(-c3ccccc3Cl)cc2c1. The predicted molar refractivity (Wildman–Crippen MR) is 107 cm³/mol. The van der Waals surface area contributed by atoms with Crippen molar-refractivity contribution in [2.24, 2.45) is 0 Å². The van der Waals surface area contributed by atoms with Crippen LogP contribution < -0.4 is 0 Å². The smallest absolute Gasteiger partial charge is 0.0966 e. The third kappa shape index (κ3) is 2.68. The first-order chi connectivity index (χ1) is 12.2. The standard InChI is InChI=1S/C21H17ClN2S/c1-12-20(24-21(25-12)13-6-7-13)14-8-9-18-15(10-14)11-19(23-18)16-4-2-3-5-17(16)22/h2-5,8-11,13,23H,6-7H2,1H3. The molecule has 2 nitrogen and oxygen atoms in total. The highest BCUT2D eigenvalue weighted by molar-refractivity contribution is 7.12. The van der Waals surface area contributed by atoms with Crippen molar-refractivity contribution < 1.29 is 0 Å². The van der Waals surface area contributed by atoms with E-state index in [4.69, 9.17) is 16.6 Å². The molecule has 0 atom stereocenters. The van der Waals surface area contributed by atoms with E-state index in [1.165, 1.54) is 33.7 Å². The summed E-state index contributed by atoms with van der Waals surface area (Å²) in [5.41, 5.74) is 5.52. The molecule has 4 heteroatoms. The molecule has 1 aliphatic rings. The summed E-state index contributed by atoms with van der Waals surface area (Å²) in [4.78, 5) is 9.70. The number of aromatic amines is 1. The first-order valence-corrected chi connectivity index (χ1v) is 9.74. The van der Waals surface area contributed by atoms with E-state index in [2.05, 4.69) is 36.2 Å². The second-order valence-electron chi connectivity index (χ2n) is 6.70. The van der Waals surface area contributed by atoms with Gasteiger partial charge in [0.25, 0.3) is 0 Å². The van der Waals surface area contributed by atoms with Gasteiger partial charge in [-0.05, 0) is 44.0 Å². The summed E-state index contributed by atoms with van der Waals surface area (Å²) in [6.45, 7) is 2.18. The molecule has 0 unspecified atom stereocenters. The second-order valence-corrected chi connectivity index (χ2v) is 8.34. The summed E-state index contributed by atoms with van der Waals surface area (Å²) in [7, 11) is 0. The lowest BCUT2D eigenvalue weighted by molar-refractivity contribution is 1.08. The van der Waals surface area contributed by atoms with Gasteiger partial charge in [-0.2, -0.15) is 0 Å². The van der Waals surface area contributed by atoms with Crippen LogP contribution in [0.1, 0.15) is 28.6 Å². The van der Waals surface area contributed by atoms with Crippen LogP contribution in [0.15, 0.2) is 48.5 Å². The number of aromatic nitrogens is 2. The summed E-state index contributed by atoms with van der Waals surface area (Å²) in [5.74, 6) is 0.709. The molecule has 1 N–H and O–H groups in total. The van der Waals surface area contributed by atoms with Gasteiger partial charge in [0.2, 0.25) is 0 Å². The van der Waals surface area contributed by atoms with Gasteiger partial charge in [0.1, 0.15) is 0 Å². The Bertz CT molecular complexity index is 1090. The Morgan fingerprint density at radius 1 is 1.12 bits per heavy atom. The number of hydrogen-bond donors (Lipinski definition) is 1. The fourth-order valence-electron chi connectivity index (χ4n) is 3.29. The summed E-state index contributed by atoms with van der Waals surface area (Å²) in [6, 6.07) is 16.6. The third-order valence-electron chi connectivity index (χ3n) is 4.80. The first-order valence-electron chi connectivity index (χ1n) is 8.54. The molecule has 1 saturated carbocycles. The van der Waals surface area contributed by atoms with E-state index in [-0.39, 0.29) is 0 Å². The van der Waals surface area contributed by atoms with Crippen molar-refractivity contribution in [2.75, 3.05) is 0 Å². The van der Waals surface area contributed by atoms with Crippen LogP contribution in [0.25, 0.3) is 33.4 Å². The number of H-pyrrole nitrogens is 1. The minimum atomic E-state index is 0.709. The predicted octanol–water partition coefficient (Wildman–Crippen LogP) is 6.80. The summed E-state index contributed by atoms with van der Waals surface area (Å²) < 4.78 is 0. The zero-order chi connectivity index (χ0) is 17.0. The van der Waals surface area contributed by atoms with E-state index < -0.39 is 0 Å². The van der Waals surface area contributed by atoms with Crippen molar-refractivity contribution in [1.82, 2.24) is 9.97 Å². The molecule has 0 amide bonds. The van der Waals surface area contributed by atoms with Crippen LogP contribution in [-0.4, -0.2) is 9.97 Å². The number of rotatable bonds is 3. The lowest BCUT2D eigenvalue weighted by atomic mass is 10.1. The zero-order valence-electron chi connectivity index (χ0n) is 13.8. The van der Waals surface area contributed by atoms with Crippen LogP contribution in [0.2, 0.25) is 5.02 Å². The molecule has 0 spiro atoms. The number of nitrogens with zero attached hydrogens (tertiary/aromatic N) is 1. The summed E-state index contributed by atoms with van der Waals surface area (Å²) in [6.07, 6.45) is 2.59. The highest BCUT2D eigenvalue weighted by Crippen LogP contribution is 2.44. The number of thiazole rings is 1. The van der Waals surface area contributed by atoms with Crippen LogP contribution in [0.5, 0.6) is 0 Å². The lowest BCUT2D eigenvalue weighted by Gasteiger charge is -1.99. The topological polar surface area (TPSA) is 28.7 Å². The van der Waals surface area contributed by atoms with E-state index in [1.807, 2.05) is 35.6 Å². The van der Waals surface area contributed by atoms with Crippen LogP contribution in [0, 0.1) is 6.92 Å². The Labute approximate surface area is 155 Å². The molecule has 2 aromatic carbocycles. The molecular formula is C21H17ClN2S. The number of halogens is 1. The molecule has 5 rings (SSSR count). The van der Waals surface area contributed by atoms with Crippen molar-refractivity contribution >= 4 is 33.8 Å². The Kier molecular flexibility index (Phi) is 3.47. The van der Waals surface area contributed by atoms with Crippen LogP contribution in [0.4, 0.5) is 0 Å². The van der Waals surface area contributed by atoms with Crippen molar-refractivity contribution in [2.45, 2.75) is 25.7 Å². The monoisotopic (exact) mass is 364 g/mol. The van der Waals surface area contributed by atoms with E-state index in [1.54, 1.807) is 0 Å². The summed E-state index contributed by atoms with van der Waals surface area (Å²) >= 11 is 8.20. The van der Waals surface area contributed by atoms with Crippen molar-refractivity contribution in [1.29, 1.82) is 0 Å². The molecule has 124 valence electrons. The normalized spacial score (nSPS) is 14.3. The lowest BCUT2D eigenvalue weighted by Crippen LogP contribution is -1.82. The van der Waals surface area contributed by atoms with Gasteiger partial charge in [-0.25, -0.2) is 4.98 Å². The maximum Gasteiger partial charge on any atom is 0.0966 e. The molecule has 1 aliphatic carbocycles. The maximum atomic E-state index is 6.34. The fourth-order valence-corrected chi connectivity index (χ4v) is 4.65. The molecule has 1 fully saturated rings. The third-order valence-corrected chi connectivity index (χ3v) is 6.26. The maximum absolute atomic E-state index is 6.34. The van der Waals surface area contributed by atoms with Gasteiger partial charge in [0, 0.05) is 43.5 Å². The molecular weight excluding hydrogens is 348 g/mol. The zero-order valence-corrected chi connectivity index (χ0v) is 15.4. The van der Waals surface area contributed by atoms with E-state index in [9.17, 15) is 0 Å². The Morgan fingerprint density at radius 3 is 2.76 bits per heavy atom. The van der Waals surface area contributed by atoms with Gasteiger partial charge in [0.05, 0.1) is 10.7 Å². The van der Waals surface area contributed by atoms with Crippen molar-refractivity contribution in [3.63, 3.8) is 0 Å². The van der Waals surface area contributed by atoms with Crippen LogP contribution >= 0.6 is 22.9 Å². The Balaban J connectivity index is 1.59. The first kappa shape index (κ1) is 15.2. The Hall–Kier alpha value is -2.10. The van der Waals surface area contributed by atoms with Gasteiger partial charge >= 0.3 is 0 Å². The number of benzene rings is 2. The molecule has 0 radical (unpaired) electrons. The van der Waals surface area contributed by atoms with Gasteiger partial charge in [-0.15, -0.1) is 11.3 Å². The van der Waals surface area contributed by atoms with E-state index >= 15 is 0 Å². The van der Waals surface area contributed by atoms with Gasteiger partial charge in [0.15, 0.2) is 0 Å². The van der Waals surface area contributed by atoms with Crippen molar-refractivity contribution in [3.8, 4) is 22.5 Å². The minimum Gasteiger partial charge on any atom is -0.354 e. The fraction of sp³-hybridized carbons (Fsp3) is 0.190. The Morgan fingerprint density at radius 2 is 1.96 bits per heavy atom. The van der Waals surface area contributed by atoms with Gasteiger partial charge in [-0.3, -0.25) is 0 Å². The molecule has 4 aromatic rings. The average molecular weight is 365 g/mol. The quantitative estimate of drug-likeness (QED) is 0.425. The largest absolute Gasteiger partial charge is 0.354 e. The van der Waals surface area contributed by atoms with Gasteiger partial charge in [-0.1, -0.05) is 35.9 Å². The highest BCUT2D eigenvalue weighted by atomic mass is 35.5. The number of nitrogens with one attached hydrogen (secondary N) is 1. The summed E-state index contributed by atoms with van der Waals surface area (Å²) in [5, 5.41) is 3.25. The minimum absolute atomic E-state index is 0.709. The second kappa shape index (κ2) is 5.72. The molecule has 0 aliphatic heterocycles. The molecule has 25 heavy (non-hydrogen) atoms. The molecule has 0 bridgehead atoms. The number of fused-ring (bicyclic) bond motifs is 1. The average Bonchev–Trinajstić information content (AvgIpc) is 3.26.